The number of rotatable bonds is 7. The van der Waals surface area contributed by atoms with Crippen molar-refractivity contribution in [3.8, 4) is 0 Å². The first-order chi connectivity index (χ1) is 7.73. The summed E-state index contributed by atoms with van der Waals surface area (Å²) in [5.41, 5.74) is 4.83. The fourth-order valence-electron chi connectivity index (χ4n) is 0.940. The molecule has 7 N–H and O–H groups in total. The zero-order valence-corrected chi connectivity index (χ0v) is 8.55. The number of aliphatic hydroxyl groups excluding tert-OH is 4. The smallest absolute Gasteiger partial charge is 0.335 e. The maximum absolute atomic E-state index is 11.0. The molecule has 0 fully saturated rings. The number of nitrogens with two attached hydrogens (primary N) is 1. The summed E-state index contributed by atoms with van der Waals surface area (Å²) in [6.07, 6.45) is -9.39. The number of carbonyl (C=O) groups excluding carboxylic acids is 2. The summed E-state index contributed by atoms with van der Waals surface area (Å²) in [4.78, 5) is 32.1. The fraction of sp³-hybridized carbons (Fsp3) is 0.625. The van der Waals surface area contributed by atoms with Crippen molar-refractivity contribution in [1.82, 2.24) is 0 Å². The first kappa shape index (κ1) is 15.6. The molecule has 0 unspecified atom stereocenters. The Morgan fingerprint density at radius 1 is 0.941 bits per heavy atom. The number of carbonyl (C=O) groups is 3. The third kappa shape index (κ3) is 3.84. The van der Waals surface area contributed by atoms with Gasteiger partial charge in [-0.1, -0.05) is 0 Å². The van der Waals surface area contributed by atoms with Gasteiger partial charge in [-0.2, -0.15) is 0 Å². The predicted octanol–water partition coefficient (Wildman–Crippen LogP) is -4.39. The normalized spacial score (nSPS) is 17.9. The van der Waals surface area contributed by atoms with Gasteiger partial charge in [0, 0.05) is 0 Å². The second kappa shape index (κ2) is 6.37. The van der Waals surface area contributed by atoms with Crippen LogP contribution in [0.3, 0.4) is 0 Å². The number of aliphatic hydroxyl groups is 4. The molecule has 0 rings (SSSR count). The lowest BCUT2D eigenvalue weighted by Crippen LogP contribution is -2.51. The van der Waals surface area contributed by atoms with Gasteiger partial charge in [0.05, 0.1) is 6.54 Å². The fourth-order valence-corrected chi connectivity index (χ4v) is 0.940. The van der Waals surface area contributed by atoms with Gasteiger partial charge < -0.3 is 31.3 Å². The Bertz CT molecular complexity index is 317. The van der Waals surface area contributed by atoms with E-state index >= 15 is 0 Å². The van der Waals surface area contributed by atoms with Crippen molar-refractivity contribution in [2.75, 3.05) is 6.54 Å². The van der Waals surface area contributed by atoms with Crippen LogP contribution in [0.4, 0.5) is 0 Å². The molecule has 0 aliphatic carbocycles. The van der Waals surface area contributed by atoms with E-state index < -0.39 is 48.5 Å². The summed E-state index contributed by atoms with van der Waals surface area (Å²) < 4.78 is 0. The van der Waals surface area contributed by atoms with Crippen molar-refractivity contribution in [3.05, 3.63) is 0 Å². The van der Waals surface area contributed by atoms with Crippen LogP contribution in [0, 0.1) is 0 Å². The molecule has 0 aromatic carbocycles. The topological polar surface area (TPSA) is 178 Å². The number of hydrogen-bond donors (Lipinski definition) is 6. The second-order valence-corrected chi connectivity index (χ2v) is 3.20. The van der Waals surface area contributed by atoms with Crippen LogP contribution in [0.25, 0.3) is 0 Å². The van der Waals surface area contributed by atoms with Crippen LogP contribution in [0.5, 0.6) is 0 Å². The molecular weight excluding hydrogens is 238 g/mol. The highest BCUT2D eigenvalue weighted by atomic mass is 16.4. The zero-order chi connectivity index (χ0) is 13.7. The van der Waals surface area contributed by atoms with Crippen LogP contribution >= 0.6 is 0 Å². The molecular formula is C8H13NO8. The molecule has 0 aliphatic heterocycles. The van der Waals surface area contributed by atoms with Gasteiger partial charge >= 0.3 is 5.97 Å². The molecule has 17 heavy (non-hydrogen) atoms. The Kier molecular flexibility index (Phi) is 5.85. The van der Waals surface area contributed by atoms with Gasteiger partial charge in [-0.15, -0.1) is 0 Å². The summed E-state index contributed by atoms with van der Waals surface area (Å²) in [5.74, 6) is -4.54. The second-order valence-electron chi connectivity index (χ2n) is 3.20. The zero-order valence-electron chi connectivity index (χ0n) is 8.55. The summed E-state index contributed by atoms with van der Waals surface area (Å²) >= 11 is 0. The van der Waals surface area contributed by atoms with Crippen LogP contribution in [0.15, 0.2) is 0 Å². The van der Waals surface area contributed by atoms with E-state index in [0.29, 0.717) is 0 Å². The Morgan fingerprint density at radius 2 is 1.35 bits per heavy atom. The van der Waals surface area contributed by atoms with Crippen LogP contribution in [0.2, 0.25) is 0 Å². The van der Waals surface area contributed by atoms with Crippen LogP contribution in [-0.2, 0) is 14.4 Å². The largest absolute Gasteiger partial charge is 0.479 e. The highest BCUT2D eigenvalue weighted by Crippen LogP contribution is 2.06. The highest BCUT2D eigenvalue weighted by Gasteiger charge is 2.38. The first-order valence-electron chi connectivity index (χ1n) is 4.46. The van der Waals surface area contributed by atoms with Crippen molar-refractivity contribution in [1.29, 1.82) is 0 Å². The van der Waals surface area contributed by atoms with Gasteiger partial charge in [0.1, 0.15) is 18.3 Å². The third-order valence-corrected chi connectivity index (χ3v) is 1.98. The molecule has 0 heterocycles. The average molecular weight is 251 g/mol. The molecule has 0 amide bonds. The van der Waals surface area contributed by atoms with Crippen LogP contribution in [0.1, 0.15) is 0 Å². The lowest BCUT2D eigenvalue weighted by Gasteiger charge is -2.23. The minimum absolute atomic E-state index is 0.708. The quantitative estimate of drug-likeness (QED) is 0.244. The van der Waals surface area contributed by atoms with E-state index in [4.69, 9.17) is 26.2 Å². The molecule has 0 aliphatic rings. The maximum Gasteiger partial charge on any atom is 0.335 e. The molecule has 0 bridgehead atoms. The van der Waals surface area contributed by atoms with Crippen molar-refractivity contribution >= 4 is 17.5 Å². The van der Waals surface area contributed by atoms with Crippen molar-refractivity contribution in [2.24, 2.45) is 5.73 Å². The van der Waals surface area contributed by atoms with E-state index in [9.17, 15) is 19.5 Å². The number of Topliss-reactive ketones (excluding diaryl/α,β-unsaturated/α-hetero) is 2. The first-order valence-corrected chi connectivity index (χ1v) is 4.46. The number of ketones is 2. The lowest BCUT2D eigenvalue weighted by molar-refractivity contribution is -0.166. The van der Waals surface area contributed by atoms with Gasteiger partial charge in [0.25, 0.3) is 0 Å². The number of carboxylic acids is 1. The van der Waals surface area contributed by atoms with Gasteiger partial charge in [-0.05, 0) is 0 Å². The standard InChI is InChI=1S/C8H13NO8/c9-1-2(10)3(11)4(12)5(13)6(14)7(15)8(16)17/h4-7,12-15H,1,9H2,(H,16,17)/t4-,5+,6+,7-/m0/s1. The van der Waals surface area contributed by atoms with Gasteiger partial charge in [0.15, 0.2) is 6.10 Å². The molecule has 0 aromatic rings. The van der Waals surface area contributed by atoms with E-state index in [1.54, 1.807) is 0 Å². The number of hydrogen-bond acceptors (Lipinski definition) is 8. The Balaban J connectivity index is 4.70. The van der Waals surface area contributed by atoms with E-state index in [1.165, 1.54) is 0 Å². The van der Waals surface area contributed by atoms with Gasteiger partial charge in [-0.3, -0.25) is 9.59 Å². The highest BCUT2D eigenvalue weighted by molar-refractivity contribution is 6.39. The van der Waals surface area contributed by atoms with E-state index in [0.717, 1.165) is 0 Å². The lowest BCUT2D eigenvalue weighted by atomic mass is 9.98. The van der Waals surface area contributed by atoms with Crippen LogP contribution < -0.4 is 5.73 Å². The monoisotopic (exact) mass is 251 g/mol. The van der Waals surface area contributed by atoms with Crippen molar-refractivity contribution < 1.29 is 39.9 Å². The molecule has 9 nitrogen and oxygen atoms in total. The molecule has 4 atom stereocenters. The molecule has 0 saturated heterocycles. The third-order valence-electron chi connectivity index (χ3n) is 1.98. The van der Waals surface area contributed by atoms with Crippen molar-refractivity contribution in [2.45, 2.75) is 24.4 Å². The van der Waals surface area contributed by atoms with Gasteiger partial charge in [-0.25, -0.2) is 4.79 Å². The maximum atomic E-state index is 11.0. The van der Waals surface area contributed by atoms with E-state index in [-0.39, 0.29) is 0 Å². The molecule has 98 valence electrons. The summed E-state index contributed by atoms with van der Waals surface area (Å²) in [7, 11) is 0. The predicted molar refractivity (Wildman–Crippen MR) is 50.7 cm³/mol. The Morgan fingerprint density at radius 3 is 1.71 bits per heavy atom. The van der Waals surface area contributed by atoms with E-state index in [2.05, 4.69) is 0 Å². The minimum atomic E-state index is -2.40. The average Bonchev–Trinajstić information content (AvgIpc) is 2.32. The minimum Gasteiger partial charge on any atom is -0.479 e. The SMILES string of the molecule is NCC(=O)C(=O)[C@H](O)[C@@H](O)[C@@H](O)[C@H](O)C(=O)O. The molecule has 9 heteroatoms. The molecule has 0 radical (unpaired) electrons. The van der Waals surface area contributed by atoms with Crippen LogP contribution in [-0.4, -0.2) is 74.0 Å². The number of aliphatic carboxylic acids is 1. The Labute approximate surface area is 95.1 Å². The van der Waals surface area contributed by atoms with Crippen molar-refractivity contribution in [3.63, 3.8) is 0 Å². The summed E-state index contributed by atoms with van der Waals surface area (Å²) in [6, 6.07) is 0. The molecule has 0 saturated carbocycles. The molecule has 0 aromatic heterocycles. The van der Waals surface area contributed by atoms with Gasteiger partial charge in [0.2, 0.25) is 11.6 Å². The van der Waals surface area contributed by atoms with E-state index in [1.807, 2.05) is 0 Å². The Hall–Kier alpha value is -1.39. The summed E-state index contributed by atoms with van der Waals surface area (Å²) in [6.45, 7) is -0.708. The number of carboxylic acid groups (broad SMARTS) is 1. The summed E-state index contributed by atoms with van der Waals surface area (Å²) in [5, 5.41) is 44.6. The molecule has 0 spiro atoms.